The first-order valence-corrected chi connectivity index (χ1v) is 4.80. The van der Waals surface area contributed by atoms with Crippen molar-refractivity contribution in [2.45, 2.75) is 19.4 Å². The van der Waals surface area contributed by atoms with Crippen LogP contribution in [0.15, 0.2) is 0 Å². The summed E-state index contributed by atoms with van der Waals surface area (Å²) in [5.74, 6) is 4.48. The fourth-order valence-electron chi connectivity index (χ4n) is 0.897. The smallest absolute Gasteiger partial charge is 0.357 e. The summed E-state index contributed by atoms with van der Waals surface area (Å²) in [6, 6.07) is 0. The number of hydrogen-bond acceptors (Lipinski definition) is 4. The molecule has 5 nitrogen and oxygen atoms in total. The van der Waals surface area contributed by atoms with Crippen LogP contribution in [-0.2, 0) is 4.74 Å². The van der Waals surface area contributed by atoms with Crippen molar-refractivity contribution in [3.63, 3.8) is 0 Å². The predicted molar refractivity (Wildman–Crippen MR) is 58.1 cm³/mol. The third kappa shape index (κ3) is 3.26. The molecule has 0 aliphatic carbocycles. The Balaban J connectivity index is 3.13. The molecule has 0 aliphatic heterocycles. The fourth-order valence-corrected chi connectivity index (χ4v) is 1.08. The number of H-pyrrole nitrogens is 1. The maximum absolute atomic E-state index is 11.3. The van der Waals surface area contributed by atoms with Gasteiger partial charge < -0.3 is 14.8 Å². The van der Waals surface area contributed by atoms with Gasteiger partial charge in [-0.2, -0.15) is 0 Å². The Labute approximate surface area is 97.8 Å². The number of aromatic amines is 1. The lowest BCUT2D eigenvalue weighted by Gasteiger charge is -2.05. The zero-order chi connectivity index (χ0) is 12.3. The Kier molecular flexibility index (Phi) is 3.58. The number of methoxy groups -OCH3 is 1. The van der Waals surface area contributed by atoms with Crippen molar-refractivity contribution in [1.82, 2.24) is 9.97 Å². The van der Waals surface area contributed by atoms with E-state index in [1.54, 1.807) is 0 Å². The number of ether oxygens (including phenoxy) is 1. The molecule has 0 aliphatic rings. The van der Waals surface area contributed by atoms with E-state index >= 15 is 0 Å². The molecule has 0 atom stereocenters. The molecule has 2 N–H and O–H groups in total. The minimum Gasteiger partial charge on any atom is -0.464 e. The van der Waals surface area contributed by atoms with E-state index in [-0.39, 0.29) is 16.7 Å². The molecule has 1 heterocycles. The zero-order valence-corrected chi connectivity index (χ0v) is 9.84. The zero-order valence-electron chi connectivity index (χ0n) is 9.09. The molecule has 0 unspecified atom stereocenters. The topological polar surface area (TPSA) is 75.2 Å². The number of nitrogens with zero attached hydrogens (tertiary/aromatic N) is 1. The van der Waals surface area contributed by atoms with Gasteiger partial charge >= 0.3 is 5.97 Å². The van der Waals surface area contributed by atoms with Crippen LogP contribution in [0.5, 0.6) is 0 Å². The highest BCUT2D eigenvalue weighted by atomic mass is 35.5. The van der Waals surface area contributed by atoms with Gasteiger partial charge in [-0.15, -0.1) is 0 Å². The van der Waals surface area contributed by atoms with Gasteiger partial charge in [0.05, 0.1) is 7.11 Å². The highest BCUT2D eigenvalue weighted by Gasteiger charge is 2.16. The Hall–Kier alpha value is -1.51. The molecule has 0 saturated heterocycles. The molecule has 1 aromatic rings. The van der Waals surface area contributed by atoms with Crippen LogP contribution in [0.1, 0.15) is 30.0 Å². The van der Waals surface area contributed by atoms with E-state index in [0.717, 1.165) is 0 Å². The summed E-state index contributed by atoms with van der Waals surface area (Å²) in [5.41, 5.74) is -0.943. The summed E-state index contributed by atoms with van der Waals surface area (Å²) in [4.78, 5) is 17.6. The lowest BCUT2D eigenvalue weighted by Crippen LogP contribution is -2.14. The molecule has 16 heavy (non-hydrogen) atoms. The number of aromatic nitrogens is 2. The van der Waals surface area contributed by atoms with Crippen LogP contribution in [0, 0.1) is 11.8 Å². The van der Waals surface area contributed by atoms with E-state index in [1.165, 1.54) is 21.0 Å². The minimum atomic E-state index is -1.17. The first-order chi connectivity index (χ1) is 7.33. The van der Waals surface area contributed by atoms with Gasteiger partial charge in [-0.3, -0.25) is 0 Å². The summed E-state index contributed by atoms with van der Waals surface area (Å²) in [6.45, 7) is 3.04. The average Bonchev–Trinajstić information content (AvgIpc) is 2.54. The SMILES string of the molecule is COC(=O)c1[nH]c(Cl)nc1C#CC(C)(C)O. The molecule has 0 saturated carbocycles. The van der Waals surface area contributed by atoms with Crippen LogP contribution in [0.4, 0.5) is 0 Å². The molecule has 0 spiro atoms. The second kappa shape index (κ2) is 4.56. The second-order valence-electron chi connectivity index (χ2n) is 3.55. The molecule has 1 aromatic heterocycles. The van der Waals surface area contributed by atoms with Gasteiger partial charge in [0.1, 0.15) is 11.3 Å². The summed E-state index contributed by atoms with van der Waals surface area (Å²) in [6.07, 6.45) is 0. The number of carbonyl (C=O) groups is 1. The summed E-state index contributed by atoms with van der Waals surface area (Å²) in [7, 11) is 1.24. The maximum Gasteiger partial charge on any atom is 0.357 e. The van der Waals surface area contributed by atoms with Crippen LogP contribution in [0.25, 0.3) is 0 Å². The van der Waals surface area contributed by atoms with Gasteiger partial charge in [0.25, 0.3) is 0 Å². The van der Waals surface area contributed by atoms with Crippen molar-refractivity contribution in [2.75, 3.05) is 7.11 Å². The van der Waals surface area contributed by atoms with Crippen molar-refractivity contribution in [3.8, 4) is 11.8 Å². The first kappa shape index (κ1) is 12.6. The van der Waals surface area contributed by atoms with E-state index < -0.39 is 11.6 Å². The standard InChI is InChI=1S/C10H11ClN2O3/c1-10(2,15)5-4-6-7(8(14)16-3)13-9(11)12-6/h15H,1-3H3,(H,12,13). The molecule has 0 radical (unpaired) electrons. The molecule has 0 bridgehead atoms. The molecule has 6 heteroatoms. The average molecular weight is 243 g/mol. The van der Waals surface area contributed by atoms with Crippen molar-refractivity contribution in [3.05, 3.63) is 16.7 Å². The van der Waals surface area contributed by atoms with Crippen LogP contribution in [-0.4, -0.2) is 33.8 Å². The number of nitrogens with one attached hydrogen (secondary N) is 1. The summed E-state index contributed by atoms with van der Waals surface area (Å²) in [5, 5.41) is 9.45. The van der Waals surface area contributed by atoms with Gasteiger partial charge in [-0.1, -0.05) is 5.92 Å². The van der Waals surface area contributed by atoms with E-state index in [4.69, 9.17) is 11.6 Å². The molecular formula is C10H11ClN2O3. The number of esters is 1. The quantitative estimate of drug-likeness (QED) is 0.569. The first-order valence-electron chi connectivity index (χ1n) is 4.43. The van der Waals surface area contributed by atoms with Crippen molar-refractivity contribution >= 4 is 17.6 Å². The number of hydrogen-bond donors (Lipinski definition) is 2. The van der Waals surface area contributed by atoms with Gasteiger partial charge in [0, 0.05) is 0 Å². The van der Waals surface area contributed by atoms with Crippen molar-refractivity contribution in [1.29, 1.82) is 0 Å². The Morgan fingerprint density at radius 3 is 2.75 bits per heavy atom. The highest BCUT2D eigenvalue weighted by molar-refractivity contribution is 6.28. The third-order valence-corrected chi connectivity index (χ3v) is 1.73. The molecule has 0 fully saturated rings. The van der Waals surface area contributed by atoms with Crippen LogP contribution >= 0.6 is 11.6 Å². The van der Waals surface area contributed by atoms with Crippen molar-refractivity contribution in [2.24, 2.45) is 0 Å². The Bertz CT molecular complexity index is 463. The van der Waals surface area contributed by atoms with Gasteiger partial charge in [0.15, 0.2) is 5.69 Å². The van der Waals surface area contributed by atoms with E-state index in [0.29, 0.717) is 0 Å². The molecule has 0 aromatic carbocycles. The van der Waals surface area contributed by atoms with Crippen LogP contribution in [0.3, 0.4) is 0 Å². The van der Waals surface area contributed by atoms with Gasteiger partial charge in [0.2, 0.25) is 5.28 Å². The summed E-state index contributed by atoms with van der Waals surface area (Å²) < 4.78 is 4.52. The summed E-state index contributed by atoms with van der Waals surface area (Å²) >= 11 is 5.61. The number of imidazole rings is 1. The maximum atomic E-state index is 11.3. The van der Waals surface area contributed by atoms with E-state index in [1.807, 2.05) is 0 Å². The molecule has 86 valence electrons. The Morgan fingerprint density at radius 2 is 2.25 bits per heavy atom. The van der Waals surface area contributed by atoms with Gasteiger partial charge in [-0.25, -0.2) is 9.78 Å². The molecular weight excluding hydrogens is 232 g/mol. The molecule has 1 rings (SSSR count). The second-order valence-corrected chi connectivity index (χ2v) is 3.91. The largest absolute Gasteiger partial charge is 0.464 e. The molecule has 0 amide bonds. The lowest BCUT2D eigenvalue weighted by atomic mass is 10.1. The normalized spacial score (nSPS) is 10.6. The third-order valence-electron chi connectivity index (χ3n) is 1.55. The van der Waals surface area contributed by atoms with Gasteiger partial charge in [-0.05, 0) is 31.4 Å². The number of carbonyl (C=O) groups excluding carboxylic acids is 1. The monoisotopic (exact) mass is 242 g/mol. The predicted octanol–water partition coefficient (Wildman–Crippen LogP) is 0.972. The van der Waals surface area contributed by atoms with Crippen LogP contribution < -0.4 is 0 Å². The van der Waals surface area contributed by atoms with Crippen LogP contribution in [0.2, 0.25) is 5.28 Å². The van der Waals surface area contributed by atoms with Crippen molar-refractivity contribution < 1.29 is 14.6 Å². The highest BCUT2D eigenvalue weighted by Crippen LogP contribution is 2.11. The lowest BCUT2D eigenvalue weighted by molar-refractivity contribution is 0.0594. The number of halogens is 1. The Morgan fingerprint density at radius 1 is 1.62 bits per heavy atom. The minimum absolute atomic E-state index is 0.0421. The fraction of sp³-hybridized carbons (Fsp3) is 0.400. The van der Waals surface area contributed by atoms with E-state index in [9.17, 15) is 9.90 Å². The number of rotatable bonds is 1. The van der Waals surface area contributed by atoms with E-state index in [2.05, 4.69) is 26.5 Å². The number of aliphatic hydroxyl groups is 1.